The summed E-state index contributed by atoms with van der Waals surface area (Å²) in [6.07, 6.45) is 2.56. The van der Waals surface area contributed by atoms with Crippen molar-refractivity contribution in [2.45, 2.75) is 13.0 Å². The first-order valence-corrected chi connectivity index (χ1v) is 7.55. The van der Waals surface area contributed by atoms with Gasteiger partial charge in [-0.25, -0.2) is 4.98 Å². The molecule has 6 heteroatoms. The molecule has 0 saturated carbocycles. The molecular formula is C16H22N2O4. The highest BCUT2D eigenvalue weighted by molar-refractivity contribution is 5.78. The van der Waals surface area contributed by atoms with Crippen molar-refractivity contribution < 1.29 is 19.0 Å². The number of esters is 1. The smallest absolute Gasteiger partial charge is 0.313 e. The molecule has 2 aliphatic heterocycles. The van der Waals surface area contributed by atoms with Gasteiger partial charge in [-0.3, -0.25) is 9.69 Å². The van der Waals surface area contributed by atoms with E-state index in [1.54, 1.807) is 7.11 Å². The van der Waals surface area contributed by atoms with Crippen molar-refractivity contribution in [1.29, 1.82) is 0 Å². The van der Waals surface area contributed by atoms with Crippen LogP contribution in [0, 0.1) is 11.3 Å². The number of fused-ring (bicyclic) bond motifs is 1. The molecule has 1 aromatic rings. The lowest BCUT2D eigenvalue weighted by Crippen LogP contribution is -2.45. The van der Waals surface area contributed by atoms with Crippen molar-refractivity contribution in [2.24, 2.45) is 11.3 Å². The molecule has 6 nitrogen and oxygen atoms in total. The molecule has 0 amide bonds. The van der Waals surface area contributed by atoms with Gasteiger partial charge in [0.2, 0.25) is 5.88 Å². The van der Waals surface area contributed by atoms with E-state index in [-0.39, 0.29) is 11.9 Å². The summed E-state index contributed by atoms with van der Waals surface area (Å²) in [4.78, 5) is 18.8. The quantitative estimate of drug-likeness (QED) is 0.776. The molecule has 0 radical (unpaired) electrons. The summed E-state index contributed by atoms with van der Waals surface area (Å²) in [6.45, 7) is 3.60. The zero-order valence-corrected chi connectivity index (χ0v) is 13.1. The Balaban J connectivity index is 1.72. The van der Waals surface area contributed by atoms with Crippen LogP contribution in [0.25, 0.3) is 0 Å². The Bertz CT molecular complexity index is 533. The molecule has 0 spiro atoms. The van der Waals surface area contributed by atoms with Crippen molar-refractivity contribution in [2.75, 3.05) is 40.5 Å². The van der Waals surface area contributed by atoms with Crippen molar-refractivity contribution in [3.63, 3.8) is 0 Å². The molecule has 2 saturated heterocycles. The number of likely N-dealkylation sites (tertiary alicyclic amines) is 1. The van der Waals surface area contributed by atoms with Crippen molar-refractivity contribution in [1.82, 2.24) is 9.88 Å². The number of carbonyl (C=O) groups is 1. The standard InChI is InChI=1S/C16H22N2O4/c1-20-14-4-3-12(7-17-14)8-18-9-13-10-22-6-5-16(13,11-18)15(19)21-2/h3-4,7,13H,5-6,8-11H2,1-2H3/t13-,16+/m0/s1. The second-order valence-corrected chi connectivity index (χ2v) is 6.05. The van der Waals surface area contributed by atoms with Crippen LogP contribution in [0.3, 0.4) is 0 Å². The molecule has 3 rings (SSSR count). The SMILES string of the molecule is COC(=O)[C@@]12CCOC[C@@H]1CN(Cc1ccc(OC)nc1)C2. The number of nitrogens with zero attached hydrogens (tertiary/aromatic N) is 2. The van der Waals surface area contributed by atoms with Gasteiger partial charge in [-0.05, 0) is 12.0 Å². The van der Waals surface area contributed by atoms with E-state index in [4.69, 9.17) is 14.2 Å². The highest BCUT2D eigenvalue weighted by atomic mass is 16.5. The summed E-state index contributed by atoms with van der Waals surface area (Å²) in [5.74, 6) is 0.717. The number of ether oxygens (including phenoxy) is 3. The van der Waals surface area contributed by atoms with E-state index < -0.39 is 5.41 Å². The minimum absolute atomic E-state index is 0.101. The Kier molecular flexibility index (Phi) is 4.31. The predicted octanol–water partition coefficient (Wildman–Crippen LogP) is 1.10. The lowest BCUT2D eigenvalue weighted by atomic mass is 9.74. The van der Waals surface area contributed by atoms with Crippen molar-refractivity contribution in [3.05, 3.63) is 23.9 Å². The van der Waals surface area contributed by atoms with Gasteiger partial charge in [-0.2, -0.15) is 0 Å². The number of carbonyl (C=O) groups excluding carboxylic acids is 1. The molecule has 0 aliphatic carbocycles. The number of rotatable bonds is 4. The van der Waals surface area contributed by atoms with Gasteiger partial charge in [0.15, 0.2) is 0 Å². The summed E-state index contributed by atoms with van der Waals surface area (Å²) in [5.41, 5.74) is 0.702. The van der Waals surface area contributed by atoms with Crippen LogP contribution in [0.1, 0.15) is 12.0 Å². The highest BCUT2D eigenvalue weighted by Gasteiger charge is 2.54. The largest absolute Gasteiger partial charge is 0.481 e. The first-order chi connectivity index (χ1) is 10.7. The maximum absolute atomic E-state index is 12.3. The third-order valence-electron chi connectivity index (χ3n) is 4.78. The van der Waals surface area contributed by atoms with Gasteiger partial charge in [0, 0.05) is 44.4 Å². The minimum atomic E-state index is -0.410. The van der Waals surface area contributed by atoms with Gasteiger partial charge < -0.3 is 14.2 Å². The van der Waals surface area contributed by atoms with Crippen LogP contribution in [-0.2, 0) is 20.8 Å². The molecule has 0 N–H and O–H groups in total. The van der Waals surface area contributed by atoms with E-state index in [0.29, 0.717) is 19.1 Å². The monoisotopic (exact) mass is 306 g/mol. The third-order valence-corrected chi connectivity index (χ3v) is 4.78. The number of hydrogen-bond donors (Lipinski definition) is 0. The Morgan fingerprint density at radius 3 is 3.05 bits per heavy atom. The van der Waals surface area contributed by atoms with Crippen LogP contribution in [0.15, 0.2) is 18.3 Å². The lowest BCUT2D eigenvalue weighted by Gasteiger charge is -2.35. The normalized spacial score (nSPS) is 28.2. The zero-order valence-electron chi connectivity index (χ0n) is 13.1. The molecule has 3 heterocycles. The third kappa shape index (κ3) is 2.68. The van der Waals surface area contributed by atoms with E-state index in [2.05, 4.69) is 9.88 Å². The van der Waals surface area contributed by atoms with Crippen molar-refractivity contribution >= 4 is 5.97 Å². The van der Waals surface area contributed by atoms with Gasteiger partial charge >= 0.3 is 5.97 Å². The van der Waals surface area contributed by atoms with E-state index in [0.717, 1.165) is 31.6 Å². The van der Waals surface area contributed by atoms with Crippen LogP contribution in [0.5, 0.6) is 5.88 Å². The number of aromatic nitrogens is 1. The molecule has 120 valence electrons. The number of methoxy groups -OCH3 is 2. The van der Waals surface area contributed by atoms with Crippen molar-refractivity contribution in [3.8, 4) is 5.88 Å². The molecule has 0 aromatic carbocycles. The maximum atomic E-state index is 12.3. The van der Waals surface area contributed by atoms with E-state index >= 15 is 0 Å². The number of hydrogen-bond acceptors (Lipinski definition) is 6. The molecular weight excluding hydrogens is 284 g/mol. The Morgan fingerprint density at radius 2 is 2.36 bits per heavy atom. The summed E-state index contributed by atoms with van der Waals surface area (Å²) in [7, 11) is 3.08. The highest BCUT2D eigenvalue weighted by Crippen LogP contribution is 2.43. The summed E-state index contributed by atoms with van der Waals surface area (Å²) in [6, 6.07) is 3.87. The van der Waals surface area contributed by atoms with Gasteiger partial charge in [-0.1, -0.05) is 6.07 Å². The first kappa shape index (κ1) is 15.2. The topological polar surface area (TPSA) is 60.9 Å². The fourth-order valence-corrected chi connectivity index (χ4v) is 3.59. The van der Waals surface area contributed by atoms with Gasteiger partial charge in [0.05, 0.1) is 26.2 Å². The average molecular weight is 306 g/mol. The minimum Gasteiger partial charge on any atom is -0.481 e. The fourth-order valence-electron chi connectivity index (χ4n) is 3.59. The number of pyridine rings is 1. The molecule has 0 bridgehead atoms. The van der Waals surface area contributed by atoms with E-state index in [9.17, 15) is 4.79 Å². The lowest BCUT2D eigenvalue weighted by molar-refractivity contribution is -0.161. The summed E-state index contributed by atoms with van der Waals surface area (Å²) < 4.78 is 15.7. The molecule has 0 unspecified atom stereocenters. The Hall–Kier alpha value is -1.66. The fraction of sp³-hybridized carbons (Fsp3) is 0.625. The molecule has 2 atom stereocenters. The van der Waals surface area contributed by atoms with Crippen LogP contribution in [-0.4, -0.2) is 56.4 Å². The van der Waals surface area contributed by atoms with Crippen LogP contribution in [0.2, 0.25) is 0 Å². The van der Waals surface area contributed by atoms with E-state index in [1.165, 1.54) is 7.11 Å². The summed E-state index contributed by atoms with van der Waals surface area (Å²) in [5, 5.41) is 0. The molecule has 2 fully saturated rings. The second kappa shape index (κ2) is 6.22. The van der Waals surface area contributed by atoms with Crippen LogP contribution < -0.4 is 4.74 Å². The van der Waals surface area contributed by atoms with Gasteiger partial charge in [-0.15, -0.1) is 0 Å². The molecule has 1 aromatic heterocycles. The van der Waals surface area contributed by atoms with Gasteiger partial charge in [0.1, 0.15) is 0 Å². The average Bonchev–Trinajstić information content (AvgIpc) is 2.93. The Labute approximate surface area is 130 Å². The van der Waals surface area contributed by atoms with Crippen LogP contribution >= 0.6 is 0 Å². The molecule has 22 heavy (non-hydrogen) atoms. The first-order valence-electron chi connectivity index (χ1n) is 7.55. The van der Waals surface area contributed by atoms with Gasteiger partial charge in [0.25, 0.3) is 0 Å². The molecule has 2 aliphatic rings. The van der Waals surface area contributed by atoms with E-state index in [1.807, 2.05) is 18.3 Å². The Morgan fingerprint density at radius 1 is 1.50 bits per heavy atom. The van der Waals surface area contributed by atoms with Crippen LogP contribution in [0.4, 0.5) is 0 Å². The predicted molar refractivity (Wildman–Crippen MR) is 79.4 cm³/mol. The summed E-state index contributed by atoms with van der Waals surface area (Å²) >= 11 is 0. The second-order valence-electron chi connectivity index (χ2n) is 6.05. The zero-order chi connectivity index (χ0) is 15.6. The maximum Gasteiger partial charge on any atom is 0.313 e.